The number of benzene rings is 4. The van der Waals surface area contributed by atoms with Gasteiger partial charge in [-0.05, 0) is 53.6 Å². The lowest BCUT2D eigenvalue weighted by Gasteiger charge is -2.30. The fraction of sp³-hybridized carbons (Fsp3) is 0.138. The van der Waals surface area contributed by atoms with Crippen LogP contribution in [0.3, 0.4) is 0 Å². The third-order valence-electron chi connectivity index (χ3n) is 6.44. The molecule has 4 aromatic carbocycles. The molecule has 0 spiro atoms. The average Bonchev–Trinajstić information content (AvgIpc) is 3.29. The van der Waals surface area contributed by atoms with Crippen LogP contribution in [0.1, 0.15) is 11.4 Å². The minimum atomic E-state index is -0.00205. The quantitative estimate of drug-likeness (QED) is 0.228. The number of carbonyl (C=O) groups excluding carboxylic acids is 1. The highest BCUT2D eigenvalue weighted by atomic mass is 32.2. The van der Waals surface area contributed by atoms with Crippen molar-refractivity contribution in [1.82, 2.24) is 14.8 Å². The van der Waals surface area contributed by atoms with Crippen molar-refractivity contribution in [3.63, 3.8) is 0 Å². The van der Waals surface area contributed by atoms with E-state index in [1.54, 1.807) is 11.8 Å². The fourth-order valence-electron chi connectivity index (χ4n) is 4.47. The number of para-hydroxylation sites is 2. The Bertz CT molecular complexity index is 1590. The van der Waals surface area contributed by atoms with Crippen LogP contribution in [0, 0.1) is 6.92 Å². The van der Waals surface area contributed by atoms with Crippen LogP contribution >= 0.6 is 23.5 Å². The summed E-state index contributed by atoms with van der Waals surface area (Å²) in [4.78, 5) is 17.4. The molecule has 5 aromatic rings. The number of amides is 1. The maximum Gasteiger partial charge on any atom is 0.242 e. The second kappa shape index (κ2) is 9.95. The first kappa shape index (κ1) is 23.6. The predicted molar refractivity (Wildman–Crippen MR) is 149 cm³/mol. The fourth-order valence-corrected chi connectivity index (χ4v) is 6.30. The Labute approximate surface area is 223 Å². The minimum absolute atomic E-state index is 0.00205. The van der Waals surface area contributed by atoms with Crippen LogP contribution < -0.4 is 9.64 Å². The van der Waals surface area contributed by atoms with E-state index < -0.39 is 0 Å². The van der Waals surface area contributed by atoms with E-state index in [1.807, 2.05) is 71.1 Å². The lowest BCUT2D eigenvalue weighted by molar-refractivity contribution is -0.115. The van der Waals surface area contributed by atoms with Gasteiger partial charge in [-0.1, -0.05) is 78.1 Å². The monoisotopic (exact) mass is 524 g/mol. The highest BCUT2D eigenvalue weighted by Crippen LogP contribution is 2.48. The summed E-state index contributed by atoms with van der Waals surface area (Å²) in [6.45, 7) is 2.36. The maximum absolute atomic E-state index is 13.5. The van der Waals surface area contributed by atoms with Gasteiger partial charge in [0.05, 0.1) is 17.1 Å². The van der Waals surface area contributed by atoms with E-state index in [2.05, 4.69) is 47.5 Å². The lowest BCUT2D eigenvalue weighted by Crippen LogP contribution is -2.30. The van der Waals surface area contributed by atoms with Gasteiger partial charge in [-0.3, -0.25) is 9.69 Å². The van der Waals surface area contributed by atoms with E-state index in [9.17, 15) is 4.79 Å². The number of rotatable bonds is 6. The molecule has 37 heavy (non-hydrogen) atoms. The zero-order chi connectivity index (χ0) is 25.4. The first-order chi connectivity index (χ1) is 18.1. The van der Waals surface area contributed by atoms with Crippen molar-refractivity contribution < 1.29 is 9.53 Å². The van der Waals surface area contributed by atoms with Gasteiger partial charge in [0, 0.05) is 16.8 Å². The molecule has 1 aliphatic rings. The number of nitrogens with zero attached hydrogens (tertiary/aromatic N) is 4. The van der Waals surface area contributed by atoms with E-state index in [0.29, 0.717) is 17.6 Å². The smallest absolute Gasteiger partial charge is 0.242 e. The SMILES string of the molecule is Cc1c(OCc2nnc(SCC(=O)N3c4ccccc4Sc4ccccc43)n2C)ccc2ccccc12. The average molecular weight is 525 g/mol. The number of anilines is 2. The molecule has 1 aromatic heterocycles. The summed E-state index contributed by atoms with van der Waals surface area (Å²) in [5.74, 6) is 1.76. The molecule has 0 aliphatic carbocycles. The number of carbonyl (C=O) groups is 1. The molecule has 1 amide bonds. The van der Waals surface area contributed by atoms with Crippen LogP contribution in [-0.4, -0.2) is 26.4 Å². The molecule has 1 aliphatic heterocycles. The van der Waals surface area contributed by atoms with Gasteiger partial charge in [0.1, 0.15) is 12.4 Å². The molecule has 8 heteroatoms. The van der Waals surface area contributed by atoms with Crippen LogP contribution in [0.15, 0.2) is 99.9 Å². The van der Waals surface area contributed by atoms with Crippen LogP contribution in [0.4, 0.5) is 11.4 Å². The summed E-state index contributed by atoms with van der Waals surface area (Å²) in [5.41, 5.74) is 2.92. The molecule has 0 bridgehead atoms. The second-order valence-electron chi connectivity index (χ2n) is 8.71. The molecule has 184 valence electrons. The molecule has 0 saturated carbocycles. The van der Waals surface area contributed by atoms with Gasteiger partial charge in [-0.2, -0.15) is 0 Å². The second-order valence-corrected chi connectivity index (χ2v) is 10.7. The Morgan fingerprint density at radius 3 is 2.32 bits per heavy atom. The first-order valence-electron chi connectivity index (χ1n) is 11.9. The van der Waals surface area contributed by atoms with Crippen LogP contribution in [-0.2, 0) is 18.4 Å². The third kappa shape index (κ3) is 4.47. The molecule has 0 fully saturated rings. The standard InChI is InChI=1S/C29H24N4O2S2/c1-19-21-10-4-3-9-20(21)15-16-24(19)35-17-27-30-31-29(32(27)2)36-18-28(34)33-22-11-5-7-13-25(22)37-26-14-8-6-12-23(26)33/h3-16H,17-18H2,1-2H3. The van der Waals surface area contributed by atoms with Crippen LogP contribution in [0.2, 0.25) is 0 Å². The molecule has 0 unspecified atom stereocenters. The van der Waals surface area contributed by atoms with Crippen molar-refractivity contribution in [2.24, 2.45) is 7.05 Å². The predicted octanol–water partition coefficient (Wildman–Crippen LogP) is 6.78. The van der Waals surface area contributed by atoms with Gasteiger partial charge in [0.15, 0.2) is 11.0 Å². The summed E-state index contributed by atoms with van der Waals surface area (Å²) in [6, 6.07) is 28.3. The topological polar surface area (TPSA) is 60.3 Å². The van der Waals surface area contributed by atoms with Crippen LogP contribution in [0.25, 0.3) is 10.8 Å². The van der Waals surface area contributed by atoms with E-state index in [0.717, 1.165) is 32.5 Å². The zero-order valence-corrected chi connectivity index (χ0v) is 22.1. The minimum Gasteiger partial charge on any atom is -0.485 e. The Kier molecular flexibility index (Phi) is 6.36. The Morgan fingerprint density at radius 1 is 0.892 bits per heavy atom. The molecule has 6 nitrogen and oxygen atoms in total. The highest BCUT2D eigenvalue weighted by molar-refractivity contribution is 8.00. The van der Waals surface area contributed by atoms with Crippen molar-refractivity contribution in [3.8, 4) is 5.75 Å². The lowest BCUT2D eigenvalue weighted by atomic mass is 10.0. The van der Waals surface area contributed by atoms with Crippen molar-refractivity contribution >= 4 is 51.6 Å². The zero-order valence-electron chi connectivity index (χ0n) is 20.4. The molecule has 6 rings (SSSR count). The van der Waals surface area contributed by atoms with E-state index >= 15 is 0 Å². The Morgan fingerprint density at radius 2 is 1.57 bits per heavy atom. The largest absolute Gasteiger partial charge is 0.485 e. The van der Waals surface area contributed by atoms with Crippen molar-refractivity contribution in [1.29, 1.82) is 0 Å². The summed E-state index contributed by atoms with van der Waals surface area (Å²) >= 11 is 3.07. The number of hydrogen-bond acceptors (Lipinski definition) is 6. The number of aromatic nitrogens is 3. The molecule has 2 heterocycles. The van der Waals surface area contributed by atoms with Crippen molar-refractivity contribution in [2.75, 3.05) is 10.7 Å². The Balaban J connectivity index is 1.16. The molecule has 0 N–H and O–H groups in total. The third-order valence-corrected chi connectivity index (χ3v) is 8.57. The van der Waals surface area contributed by atoms with Gasteiger partial charge in [-0.15, -0.1) is 10.2 Å². The summed E-state index contributed by atoms with van der Waals surface area (Å²) in [7, 11) is 1.90. The van der Waals surface area contributed by atoms with E-state index in [-0.39, 0.29) is 11.7 Å². The summed E-state index contributed by atoms with van der Waals surface area (Å²) < 4.78 is 8.01. The highest BCUT2D eigenvalue weighted by Gasteiger charge is 2.28. The number of hydrogen-bond donors (Lipinski definition) is 0. The van der Waals surface area contributed by atoms with Gasteiger partial charge in [0.25, 0.3) is 0 Å². The van der Waals surface area contributed by atoms with E-state index in [1.165, 1.54) is 22.5 Å². The number of fused-ring (bicyclic) bond motifs is 3. The van der Waals surface area contributed by atoms with E-state index in [4.69, 9.17) is 4.74 Å². The first-order valence-corrected chi connectivity index (χ1v) is 13.7. The molecule has 0 radical (unpaired) electrons. The normalized spacial score (nSPS) is 12.3. The van der Waals surface area contributed by atoms with Gasteiger partial charge < -0.3 is 9.30 Å². The van der Waals surface area contributed by atoms with Crippen LogP contribution in [0.5, 0.6) is 5.75 Å². The Hall–Kier alpha value is -3.75. The number of thioether (sulfide) groups is 1. The van der Waals surface area contributed by atoms with Gasteiger partial charge >= 0.3 is 0 Å². The molecular weight excluding hydrogens is 500 g/mol. The maximum atomic E-state index is 13.5. The molecule has 0 atom stereocenters. The van der Waals surface area contributed by atoms with Gasteiger partial charge in [-0.25, -0.2) is 0 Å². The summed E-state index contributed by atoms with van der Waals surface area (Å²) in [6.07, 6.45) is 0. The molecule has 0 saturated heterocycles. The number of aryl methyl sites for hydroxylation is 1. The number of ether oxygens (including phenoxy) is 1. The summed E-state index contributed by atoms with van der Waals surface area (Å²) in [5, 5.41) is 11.7. The van der Waals surface area contributed by atoms with Crippen molar-refractivity contribution in [2.45, 2.75) is 28.5 Å². The van der Waals surface area contributed by atoms with Gasteiger partial charge in [0.2, 0.25) is 5.91 Å². The molecular formula is C29H24N4O2S2. The van der Waals surface area contributed by atoms with Crippen molar-refractivity contribution in [3.05, 3.63) is 96.3 Å².